The summed E-state index contributed by atoms with van der Waals surface area (Å²) >= 11 is 0. The van der Waals surface area contributed by atoms with Crippen LogP contribution in [0.3, 0.4) is 0 Å². The van der Waals surface area contributed by atoms with Gasteiger partial charge in [-0.3, -0.25) is 4.98 Å². The predicted molar refractivity (Wildman–Crippen MR) is 140 cm³/mol. The molecule has 3 aromatic rings. The molecule has 0 saturated carbocycles. The Morgan fingerprint density at radius 3 is 2.58 bits per heavy atom. The van der Waals surface area contributed by atoms with Crippen LogP contribution in [0.4, 0.5) is 16.3 Å². The summed E-state index contributed by atoms with van der Waals surface area (Å²) in [5.74, 6) is 1.15. The highest BCUT2D eigenvalue weighted by Crippen LogP contribution is 2.31. The Morgan fingerprint density at radius 2 is 1.83 bits per heavy atom. The van der Waals surface area contributed by atoms with Crippen molar-refractivity contribution in [3.63, 3.8) is 0 Å². The Labute approximate surface area is 211 Å². The molecule has 9 nitrogen and oxygen atoms in total. The predicted octanol–water partition coefficient (Wildman–Crippen LogP) is 3.88. The molecule has 5 rings (SSSR count). The molecule has 1 amide bonds. The minimum absolute atomic E-state index is 0.308. The van der Waals surface area contributed by atoms with Gasteiger partial charge in [0, 0.05) is 56.4 Å². The number of carbonyl (C=O) groups excluding carboxylic acids is 1. The van der Waals surface area contributed by atoms with Crippen molar-refractivity contribution in [1.82, 2.24) is 20.3 Å². The third kappa shape index (κ3) is 5.67. The van der Waals surface area contributed by atoms with E-state index >= 15 is 0 Å². The van der Waals surface area contributed by atoms with Crippen molar-refractivity contribution in [1.29, 1.82) is 0 Å². The van der Waals surface area contributed by atoms with Gasteiger partial charge in [-0.05, 0) is 51.3 Å². The molecule has 2 fully saturated rings. The van der Waals surface area contributed by atoms with Gasteiger partial charge in [-0.2, -0.15) is 0 Å². The van der Waals surface area contributed by atoms with Crippen LogP contribution in [0.2, 0.25) is 0 Å². The second-order valence-corrected chi connectivity index (χ2v) is 10.4. The molecule has 0 spiro atoms. The highest BCUT2D eigenvalue weighted by atomic mass is 16.6. The number of aromatic nitrogens is 3. The Morgan fingerprint density at radius 1 is 1.08 bits per heavy atom. The quantitative estimate of drug-likeness (QED) is 0.576. The van der Waals surface area contributed by atoms with Gasteiger partial charge in [0.25, 0.3) is 0 Å². The van der Waals surface area contributed by atoms with Crippen LogP contribution in [0.25, 0.3) is 22.3 Å². The van der Waals surface area contributed by atoms with Crippen LogP contribution in [0.15, 0.2) is 42.7 Å². The van der Waals surface area contributed by atoms with Gasteiger partial charge in [0.1, 0.15) is 11.1 Å². The molecule has 0 radical (unpaired) electrons. The van der Waals surface area contributed by atoms with Crippen molar-refractivity contribution < 1.29 is 14.3 Å². The number of nitrogens with one attached hydrogen (secondary N) is 1. The highest BCUT2D eigenvalue weighted by Gasteiger charge is 2.27. The van der Waals surface area contributed by atoms with E-state index in [1.54, 1.807) is 12.4 Å². The van der Waals surface area contributed by atoms with E-state index in [2.05, 4.69) is 49.4 Å². The third-order valence-corrected chi connectivity index (χ3v) is 6.50. The molecule has 2 aliphatic rings. The van der Waals surface area contributed by atoms with Crippen LogP contribution >= 0.6 is 0 Å². The summed E-state index contributed by atoms with van der Waals surface area (Å²) in [7, 11) is 0. The Balaban J connectivity index is 1.33. The van der Waals surface area contributed by atoms with Crippen molar-refractivity contribution >= 4 is 28.6 Å². The standard InChI is InChI=1S/C27H34N6O3/c1-27(2,3)36-26(34)30-17-19-8-11-33(18-19)25-24-23(28-9-10-29-24)16-22(31-25)20-4-6-21(7-5-20)32-12-14-35-15-13-32/h4-7,9-10,16,19H,8,11-15,17-18H2,1-3H3,(H,30,34)/t19-/m0/s1. The monoisotopic (exact) mass is 490 g/mol. The topological polar surface area (TPSA) is 92.7 Å². The molecule has 9 heteroatoms. The number of fused-ring (bicyclic) bond motifs is 1. The molecule has 4 heterocycles. The van der Waals surface area contributed by atoms with Gasteiger partial charge < -0.3 is 24.6 Å². The van der Waals surface area contributed by atoms with Gasteiger partial charge in [0.05, 0.1) is 24.4 Å². The number of morpholine rings is 1. The number of ether oxygens (including phenoxy) is 2. The molecular weight excluding hydrogens is 456 g/mol. The summed E-state index contributed by atoms with van der Waals surface area (Å²) in [5.41, 5.74) is 4.23. The first kappa shape index (κ1) is 24.2. The molecule has 2 aromatic heterocycles. The molecule has 36 heavy (non-hydrogen) atoms. The van der Waals surface area contributed by atoms with E-state index in [1.807, 2.05) is 26.8 Å². The lowest BCUT2D eigenvalue weighted by Gasteiger charge is -2.29. The SMILES string of the molecule is CC(C)(C)OC(=O)NC[C@@H]1CCN(c2nc(-c3ccc(N4CCOCC4)cc3)cc3nccnc23)C1. The van der Waals surface area contributed by atoms with Gasteiger partial charge in [0.15, 0.2) is 5.82 Å². The Bertz CT molecular complexity index is 1200. The Kier molecular flexibility index (Phi) is 6.91. The number of hydrogen-bond donors (Lipinski definition) is 1. The third-order valence-electron chi connectivity index (χ3n) is 6.50. The number of nitrogens with zero attached hydrogens (tertiary/aromatic N) is 5. The van der Waals surface area contributed by atoms with Crippen molar-refractivity contribution in [2.24, 2.45) is 5.92 Å². The van der Waals surface area contributed by atoms with Crippen molar-refractivity contribution in [3.8, 4) is 11.3 Å². The first-order valence-electron chi connectivity index (χ1n) is 12.6. The first-order chi connectivity index (χ1) is 17.4. The summed E-state index contributed by atoms with van der Waals surface area (Å²) in [4.78, 5) is 30.9. The lowest BCUT2D eigenvalue weighted by Crippen LogP contribution is -2.36. The van der Waals surface area contributed by atoms with Crippen LogP contribution in [0, 0.1) is 5.92 Å². The lowest BCUT2D eigenvalue weighted by molar-refractivity contribution is 0.0520. The first-order valence-corrected chi connectivity index (χ1v) is 12.6. The van der Waals surface area contributed by atoms with Crippen LogP contribution in [0.5, 0.6) is 0 Å². The van der Waals surface area contributed by atoms with Crippen LogP contribution in [-0.2, 0) is 9.47 Å². The van der Waals surface area contributed by atoms with Crippen molar-refractivity contribution in [3.05, 3.63) is 42.7 Å². The number of amides is 1. The number of anilines is 2. The molecule has 1 N–H and O–H groups in total. The minimum atomic E-state index is -0.506. The molecular formula is C27H34N6O3. The van der Waals surface area contributed by atoms with E-state index in [0.29, 0.717) is 12.5 Å². The highest BCUT2D eigenvalue weighted by molar-refractivity contribution is 5.89. The zero-order valence-electron chi connectivity index (χ0n) is 21.2. The van der Waals surface area contributed by atoms with Crippen molar-refractivity contribution in [2.45, 2.75) is 32.8 Å². The van der Waals surface area contributed by atoms with E-state index in [4.69, 9.17) is 14.5 Å². The summed E-state index contributed by atoms with van der Waals surface area (Å²) in [6.45, 7) is 11.1. The average Bonchev–Trinajstić information content (AvgIpc) is 3.35. The van der Waals surface area contributed by atoms with Gasteiger partial charge in [0.2, 0.25) is 0 Å². The second kappa shape index (κ2) is 10.3. The summed E-state index contributed by atoms with van der Waals surface area (Å²) < 4.78 is 10.8. The lowest BCUT2D eigenvalue weighted by atomic mass is 10.1. The molecule has 0 bridgehead atoms. The number of alkyl carbamates (subject to hydrolysis) is 1. The number of benzene rings is 1. The summed E-state index contributed by atoms with van der Waals surface area (Å²) in [6.07, 6.45) is 4.01. The van der Waals surface area contributed by atoms with E-state index < -0.39 is 5.60 Å². The maximum atomic E-state index is 12.1. The van der Waals surface area contributed by atoms with Gasteiger partial charge in [-0.25, -0.2) is 14.8 Å². The smallest absolute Gasteiger partial charge is 0.407 e. The number of rotatable bonds is 5. The maximum absolute atomic E-state index is 12.1. The van der Waals surface area contributed by atoms with Crippen LogP contribution in [0.1, 0.15) is 27.2 Å². The molecule has 190 valence electrons. The number of pyridine rings is 1. The summed E-state index contributed by atoms with van der Waals surface area (Å²) in [5, 5.41) is 2.91. The second-order valence-electron chi connectivity index (χ2n) is 10.4. The molecule has 2 saturated heterocycles. The molecule has 0 unspecified atom stereocenters. The molecule has 0 aliphatic carbocycles. The zero-order valence-corrected chi connectivity index (χ0v) is 21.2. The molecule has 1 atom stereocenters. The van der Waals surface area contributed by atoms with Gasteiger partial charge in [-0.1, -0.05) is 12.1 Å². The average molecular weight is 491 g/mol. The maximum Gasteiger partial charge on any atom is 0.407 e. The molecule has 1 aromatic carbocycles. The zero-order chi connectivity index (χ0) is 25.1. The van der Waals surface area contributed by atoms with Gasteiger partial charge >= 0.3 is 6.09 Å². The molecule has 2 aliphatic heterocycles. The van der Waals surface area contributed by atoms with E-state index in [0.717, 1.165) is 73.9 Å². The van der Waals surface area contributed by atoms with Crippen LogP contribution < -0.4 is 15.1 Å². The fraction of sp³-hybridized carbons (Fsp3) is 0.481. The van der Waals surface area contributed by atoms with Crippen molar-refractivity contribution in [2.75, 3.05) is 55.7 Å². The largest absolute Gasteiger partial charge is 0.444 e. The van der Waals surface area contributed by atoms with Gasteiger partial charge in [-0.15, -0.1) is 0 Å². The fourth-order valence-corrected chi connectivity index (χ4v) is 4.72. The fourth-order valence-electron chi connectivity index (χ4n) is 4.72. The normalized spacial score (nSPS) is 18.5. The van der Waals surface area contributed by atoms with E-state index in [-0.39, 0.29) is 6.09 Å². The van der Waals surface area contributed by atoms with Crippen LogP contribution in [-0.4, -0.2) is 72.6 Å². The number of carbonyl (C=O) groups is 1. The van der Waals surface area contributed by atoms with E-state index in [9.17, 15) is 4.79 Å². The Hall–Kier alpha value is -3.46. The minimum Gasteiger partial charge on any atom is -0.444 e. The summed E-state index contributed by atoms with van der Waals surface area (Å²) in [6, 6.07) is 10.6. The van der Waals surface area contributed by atoms with E-state index in [1.165, 1.54) is 5.69 Å². The number of hydrogen-bond acceptors (Lipinski definition) is 8.